The Kier molecular flexibility index (Phi) is 6.24. The first-order valence-electron chi connectivity index (χ1n) is 7.43. The fourth-order valence-corrected chi connectivity index (χ4v) is 2.02. The Labute approximate surface area is 140 Å². The molecule has 1 aromatic carbocycles. The van der Waals surface area contributed by atoms with Gasteiger partial charge in [0.1, 0.15) is 12.3 Å². The molecule has 0 aliphatic rings. The number of rotatable bonds is 8. The molecule has 0 unspecified atom stereocenters. The summed E-state index contributed by atoms with van der Waals surface area (Å²) in [6, 6.07) is 10.6. The van der Waals surface area contributed by atoms with E-state index in [4.69, 9.17) is 14.2 Å². The number of carbonyl (C=O) groups excluding carboxylic acids is 2. The van der Waals surface area contributed by atoms with E-state index in [-0.39, 0.29) is 19.1 Å². The molecule has 1 amide bonds. The van der Waals surface area contributed by atoms with E-state index in [9.17, 15) is 9.59 Å². The first-order valence-corrected chi connectivity index (χ1v) is 7.43. The number of benzene rings is 1. The minimum absolute atomic E-state index is 0.276. The highest BCUT2D eigenvalue weighted by molar-refractivity contribution is 5.89. The fourth-order valence-electron chi connectivity index (χ4n) is 2.02. The predicted octanol–water partition coefficient (Wildman–Crippen LogP) is 1.39. The van der Waals surface area contributed by atoms with Crippen molar-refractivity contribution in [3.63, 3.8) is 0 Å². The van der Waals surface area contributed by atoms with Crippen LogP contribution in [0, 0.1) is 0 Å². The molecule has 0 atom stereocenters. The van der Waals surface area contributed by atoms with Crippen LogP contribution >= 0.6 is 0 Å². The van der Waals surface area contributed by atoms with Crippen molar-refractivity contribution in [3.05, 3.63) is 48.3 Å². The zero-order chi connectivity index (χ0) is 17.4. The molecule has 0 aliphatic carbocycles. The largest absolute Gasteiger partial charge is 0.493 e. The van der Waals surface area contributed by atoms with Crippen molar-refractivity contribution in [1.82, 2.24) is 9.88 Å². The van der Waals surface area contributed by atoms with Crippen LogP contribution in [0.3, 0.4) is 0 Å². The molecule has 0 saturated heterocycles. The summed E-state index contributed by atoms with van der Waals surface area (Å²) in [4.78, 5) is 23.4. The standard InChI is InChI=1S/C17H20N2O5/c1-19-10-5-6-13(19)17(21)24-12-16(20)18-9-11-23-15-8-4-3-7-14(15)22-2/h3-8,10H,9,11-12H2,1-2H3,(H,18,20). The van der Waals surface area contributed by atoms with Gasteiger partial charge in [-0.05, 0) is 24.3 Å². The van der Waals surface area contributed by atoms with Gasteiger partial charge in [-0.3, -0.25) is 4.79 Å². The van der Waals surface area contributed by atoms with Crippen LogP contribution in [0.25, 0.3) is 0 Å². The molecule has 0 saturated carbocycles. The van der Waals surface area contributed by atoms with Gasteiger partial charge in [0.15, 0.2) is 18.1 Å². The van der Waals surface area contributed by atoms with Crippen LogP contribution in [0.15, 0.2) is 42.6 Å². The van der Waals surface area contributed by atoms with Crippen molar-refractivity contribution in [2.45, 2.75) is 0 Å². The molecule has 0 fully saturated rings. The Balaban J connectivity index is 1.67. The molecule has 24 heavy (non-hydrogen) atoms. The number of hydrogen-bond donors (Lipinski definition) is 1. The molecule has 128 valence electrons. The van der Waals surface area contributed by atoms with Crippen molar-refractivity contribution in [2.24, 2.45) is 7.05 Å². The molecule has 1 N–H and O–H groups in total. The minimum atomic E-state index is -0.539. The van der Waals surface area contributed by atoms with Gasteiger partial charge in [-0.1, -0.05) is 12.1 Å². The SMILES string of the molecule is COc1ccccc1OCCNC(=O)COC(=O)c1cccn1C. The highest BCUT2D eigenvalue weighted by Crippen LogP contribution is 2.25. The van der Waals surface area contributed by atoms with E-state index in [0.717, 1.165) is 0 Å². The van der Waals surface area contributed by atoms with E-state index >= 15 is 0 Å². The van der Waals surface area contributed by atoms with E-state index < -0.39 is 5.97 Å². The molecular weight excluding hydrogens is 312 g/mol. The Morgan fingerprint density at radius 1 is 1.12 bits per heavy atom. The van der Waals surface area contributed by atoms with Gasteiger partial charge in [-0.25, -0.2) is 4.79 Å². The van der Waals surface area contributed by atoms with Gasteiger partial charge in [0.2, 0.25) is 0 Å². The molecule has 1 heterocycles. The molecule has 7 nitrogen and oxygen atoms in total. The van der Waals surface area contributed by atoms with E-state index in [1.165, 1.54) is 0 Å². The molecule has 0 radical (unpaired) electrons. The van der Waals surface area contributed by atoms with Crippen LogP contribution in [-0.4, -0.2) is 43.3 Å². The summed E-state index contributed by atoms with van der Waals surface area (Å²) >= 11 is 0. The van der Waals surface area contributed by atoms with Crippen molar-refractivity contribution >= 4 is 11.9 Å². The molecule has 0 spiro atoms. The molecule has 7 heteroatoms. The lowest BCUT2D eigenvalue weighted by molar-refractivity contribution is -0.124. The molecule has 1 aromatic heterocycles. The molecular formula is C17H20N2O5. The first-order chi connectivity index (χ1) is 11.6. The number of ether oxygens (including phenoxy) is 3. The summed E-state index contributed by atoms with van der Waals surface area (Å²) in [5.74, 6) is 0.300. The van der Waals surface area contributed by atoms with Gasteiger partial charge in [-0.2, -0.15) is 0 Å². The number of nitrogens with one attached hydrogen (secondary N) is 1. The van der Waals surface area contributed by atoms with Gasteiger partial charge >= 0.3 is 5.97 Å². The Hall–Kier alpha value is -2.96. The van der Waals surface area contributed by atoms with Crippen LogP contribution in [0.4, 0.5) is 0 Å². The highest BCUT2D eigenvalue weighted by atomic mass is 16.5. The number of esters is 1. The van der Waals surface area contributed by atoms with E-state index in [1.54, 1.807) is 49.2 Å². The van der Waals surface area contributed by atoms with Gasteiger partial charge in [0, 0.05) is 13.2 Å². The number of methoxy groups -OCH3 is 1. The summed E-state index contributed by atoms with van der Waals surface area (Å²) in [5.41, 5.74) is 0.391. The number of para-hydroxylation sites is 2. The van der Waals surface area contributed by atoms with E-state index in [2.05, 4.69) is 5.32 Å². The highest BCUT2D eigenvalue weighted by Gasteiger charge is 2.12. The van der Waals surface area contributed by atoms with Gasteiger partial charge in [0.05, 0.1) is 13.7 Å². The number of hydrogen-bond acceptors (Lipinski definition) is 5. The maximum atomic E-state index is 11.8. The number of aromatic nitrogens is 1. The summed E-state index contributed by atoms with van der Waals surface area (Å²) in [6.45, 7) is 0.231. The molecule has 0 aliphatic heterocycles. The molecule has 0 bridgehead atoms. The Bertz CT molecular complexity index is 696. The zero-order valence-electron chi connectivity index (χ0n) is 13.7. The quantitative estimate of drug-likeness (QED) is 0.584. The van der Waals surface area contributed by atoms with Crippen LogP contribution in [0.1, 0.15) is 10.5 Å². The second-order valence-corrected chi connectivity index (χ2v) is 4.93. The van der Waals surface area contributed by atoms with Crippen LogP contribution < -0.4 is 14.8 Å². The summed E-state index contributed by atoms with van der Waals surface area (Å²) in [6.07, 6.45) is 1.73. The van der Waals surface area contributed by atoms with Crippen LogP contribution in [0.2, 0.25) is 0 Å². The van der Waals surface area contributed by atoms with Crippen molar-refractivity contribution in [2.75, 3.05) is 26.9 Å². The third-order valence-electron chi connectivity index (χ3n) is 3.24. The summed E-state index contributed by atoms with van der Waals surface area (Å²) in [7, 11) is 3.29. The second-order valence-electron chi connectivity index (χ2n) is 4.93. The Morgan fingerprint density at radius 3 is 2.54 bits per heavy atom. The number of nitrogens with zero attached hydrogens (tertiary/aromatic N) is 1. The van der Waals surface area contributed by atoms with Gasteiger partial charge in [-0.15, -0.1) is 0 Å². The van der Waals surface area contributed by atoms with Crippen molar-refractivity contribution in [1.29, 1.82) is 0 Å². The maximum absolute atomic E-state index is 11.8. The molecule has 2 aromatic rings. The van der Waals surface area contributed by atoms with E-state index in [0.29, 0.717) is 23.7 Å². The van der Waals surface area contributed by atoms with Crippen molar-refractivity contribution < 1.29 is 23.8 Å². The predicted molar refractivity (Wildman–Crippen MR) is 87.2 cm³/mol. The second kappa shape index (κ2) is 8.61. The zero-order valence-corrected chi connectivity index (χ0v) is 13.7. The number of carbonyl (C=O) groups is 2. The van der Waals surface area contributed by atoms with Crippen LogP contribution in [-0.2, 0) is 16.6 Å². The lowest BCUT2D eigenvalue weighted by Gasteiger charge is -2.11. The average molecular weight is 332 g/mol. The van der Waals surface area contributed by atoms with E-state index in [1.807, 2.05) is 12.1 Å². The minimum Gasteiger partial charge on any atom is -0.493 e. The van der Waals surface area contributed by atoms with Crippen molar-refractivity contribution in [3.8, 4) is 11.5 Å². The third kappa shape index (κ3) is 4.77. The lowest BCUT2D eigenvalue weighted by atomic mass is 10.3. The van der Waals surface area contributed by atoms with Crippen LogP contribution in [0.5, 0.6) is 11.5 Å². The monoisotopic (exact) mass is 332 g/mol. The topological polar surface area (TPSA) is 78.8 Å². The average Bonchev–Trinajstić information content (AvgIpc) is 3.03. The number of aryl methyl sites for hydroxylation is 1. The van der Waals surface area contributed by atoms with Gasteiger partial charge in [0.25, 0.3) is 5.91 Å². The normalized spacial score (nSPS) is 10.1. The first kappa shape index (κ1) is 17.4. The lowest BCUT2D eigenvalue weighted by Crippen LogP contribution is -2.32. The number of amides is 1. The smallest absolute Gasteiger partial charge is 0.355 e. The summed E-state index contributed by atoms with van der Waals surface area (Å²) in [5, 5.41) is 2.62. The maximum Gasteiger partial charge on any atom is 0.355 e. The fraction of sp³-hybridized carbons (Fsp3) is 0.294. The van der Waals surface area contributed by atoms with Gasteiger partial charge < -0.3 is 24.1 Å². The third-order valence-corrected chi connectivity index (χ3v) is 3.24. The molecule has 2 rings (SSSR count). The summed E-state index contributed by atoms with van der Waals surface area (Å²) < 4.78 is 17.3. The Morgan fingerprint density at radius 2 is 1.88 bits per heavy atom.